The molecule has 3 heteroatoms. The molecule has 0 spiro atoms. The van der Waals surface area contributed by atoms with Gasteiger partial charge >= 0.3 is 5.97 Å². The summed E-state index contributed by atoms with van der Waals surface area (Å²) in [6.45, 7) is 4.89. The molecule has 0 aromatic rings. The molecule has 0 radical (unpaired) electrons. The second kappa shape index (κ2) is 5.52. The standard InChI is InChI=1S/C9H14O3/c1-4-5-6-7(2)12-9(11)8(3)10/h5-7H,4H2,1-3H3. The van der Waals surface area contributed by atoms with Gasteiger partial charge in [0.05, 0.1) is 0 Å². The summed E-state index contributed by atoms with van der Waals surface area (Å²) < 4.78 is 4.74. The van der Waals surface area contributed by atoms with E-state index in [2.05, 4.69) is 0 Å². The predicted molar refractivity (Wildman–Crippen MR) is 45.7 cm³/mol. The van der Waals surface area contributed by atoms with E-state index in [1.54, 1.807) is 13.0 Å². The van der Waals surface area contributed by atoms with Crippen molar-refractivity contribution >= 4 is 11.8 Å². The van der Waals surface area contributed by atoms with Crippen molar-refractivity contribution in [3.63, 3.8) is 0 Å². The third-order valence-corrected chi connectivity index (χ3v) is 1.22. The Labute approximate surface area is 72.4 Å². The third-order valence-electron chi connectivity index (χ3n) is 1.22. The lowest BCUT2D eigenvalue weighted by Crippen LogP contribution is -2.18. The van der Waals surface area contributed by atoms with Gasteiger partial charge in [-0.3, -0.25) is 4.79 Å². The van der Waals surface area contributed by atoms with Crippen LogP contribution in [0.3, 0.4) is 0 Å². The summed E-state index contributed by atoms with van der Waals surface area (Å²) in [6, 6.07) is 0. The molecule has 0 rings (SSSR count). The lowest BCUT2D eigenvalue weighted by Gasteiger charge is -2.06. The highest BCUT2D eigenvalue weighted by Crippen LogP contribution is 1.95. The van der Waals surface area contributed by atoms with Crippen molar-refractivity contribution in [2.75, 3.05) is 0 Å². The van der Waals surface area contributed by atoms with Crippen LogP contribution >= 0.6 is 0 Å². The Balaban J connectivity index is 3.84. The summed E-state index contributed by atoms with van der Waals surface area (Å²) in [5, 5.41) is 0. The number of carbonyl (C=O) groups is 2. The number of rotatable bonds is 4. The minimum Gasteiger partial charge on any atom is -0.453 e. The minimum atomic E-state index is -0.775. The fourth-order valence-electron chi connectivity index (χ4n) is 0.619. The average Bonchev–Trinajstić information content (AvgIpc) is 2.00. The predicted octanol–water partition coefficient (Wildman–Crippen LogP) is 1.47. The van der Waals surface area contributed by atoms with Gasteiger partial charge in [0.25, 0.3) is 0 Å². The molecule has 1 unspecified atom stereocenters. The van der Waals surface area contributed by atoms with Crippen molar-refractivity contribution in [2.24, 2.45) is 0 Å². The fraction of sp³-hybridized carbons (Fsp3) is 0.556. The molecular weight excluding hydrogens is 156 g/mol. The van der Waals surface area contributed by atoms with Crippen LogP contribution in [0.25, 0.3) is 0 Å². The second-order valence-electron chi connectivity index (χ2n) is 2.50. The molecule has 0 saturated heterocycles. The van der Waals surface area contributed by atoms with Crippen LogP contribution in [0.1, 0.15) is 27.2 Å². The van der Waals surface area contributed by atoms with E-state index in [4.69, 9.17) is 4.74 Å². The van der Waals surface area contributed by atoms with Gasteiger partial charge in [0.2, 0.25) is 5.78 Å². The summed E-state index contributed by atoms with van der Waals surface area (Å²) in [6.07, 6.45) is 4.21. The number of esters is 1. The van der Waals surface area contributed by atoms with Gasteiger partial charge in [-0.1, -0.05) is 13.0 Å². The molecule has 0 fully saturated rings. The minimum absolute atomic E-state index is 0.318. The molecule has 0 amide bonds. The maximum Gasteiger partial charge on any atom is 0.374 e. The average molecular weight is 170 g/mol. The van der Waals surface area contributed by atoms with E-state index in [0.29, 0.717) is 0 Å². The van der Waals surface area contributed by atoms with E-state index < -0.39 is 11.8 Å². The number of carbonyl (C=O) groups excluding carboxylic acids is 2. The maximum atomic E-state index is 10.7. The monoisotopic (exact) mass is 170 g/mol. The zero-order valence-corrected chi connectivity index (χ0v) is 7.66. The Kier molecular flexibility index (Phi) is 5.00. The maximum absolute atomic E-state index is 10.7. The van der Waals surface area contributed by atoms with Crippen LogP contribution in [-0.4, -0.2) is 17.9 Å². The Bertz CT molecular complexity index is 194. The molecule has 0 aliphatic rings. The molecule has 12 heavy (non-hydrogen) atoms. The zero-order chi connectivity index (χ0) is 9.56. The molecule has 68 valence electrons. The Hall–Kier alpha value is -1.12. The van der Waals surface area contributed by atoms with E-state index in [-0.39, 0.29) is 6.10 Å². The van der Waals surface area contributed by atoms with E-state index in [1.807, 2.05) is 13.0 Å². The highest BCUT2D eigenvalue weighted by atomic mass is 16.5. The van der Waals surface area contributed by atoms with Gasteiger partial charge in [0.15, 0.2) is 0 Å². The topological polar surface area (TPSA) is 43.4 Å². The molecule has 0 aromatic carbocycles. The van der Waals surface area contributed by atoms with Crippen molar-refractivity contribution in [3.8, 4) is 0 Å². The van der Waals surface area contributed by atoms with Crippen molar-refractivity contribution < 1.29 is 14.3 Å². The van der Waals surface area contributed by atoms with Crippen molar-refractivity contribution in [1.29, 1.82) is 0 Å². The lowest BCUT2D eigenvalue weighted by molar-refractivity contribution is -0.154. The molecule has 0 aromatic heterocycles. The first-order chi connectivity index (χ1) is 5.57. The van der Waals surface area contributed by atoms with Crippen LogP contribution < -0.4 is 0 Å². The number of ketones is 1. The van der Waals surface area contributed by atoms with Crippen molar-refractivity contribution in [2.45, 2.75) is 33.3 Å². The number of hydrogen-bond acceptors (Lipinski definition) is 3. The fourth-order valence-corrected chi connectivity index (χ4v) is 0.619. The van der Waals surface area contributed by atoms with Gasteiger partial charge < -0.3 is 4.74 Å². The molecule has 0 saturated carbocycles. The van der Waals surface area contributed by atoms with Crippen LogP contribution in [0.2, 0.25) is 0 Å². The number of allylic oxidation sites excluding steroid dienone is 1. The zero-order valence-electron chi connectivity index (χ0n) is 7.66. The van der Waals surface area contributed by atoms with Crippen LogP contribution in [0.15, 0.2) is 12.2 Å². The number of ether oxygens (including phenoxy) is 1. The summed E-state index contributed by atoms with van der Waals surface area (Å²) in [5.74, 6) is -1.34. The smallest absolute Gasteiger partial charge is 0.374 e. The first-order valence-corrected chi connectivity index (χ1v) is 3.96. The summed E-state index contributed by atoms with van der Waals surface area (Å²) in [5.41, 5.74) is 0. The van der Waals surface area contributed by atoms with Gasteiger partial charge in [-0.25, -0.2) is 4.79 Å². The van der Waals surface area contributed by atoms with Gasteiger partial charge in [0.1, 0.15) is 6.10 Å². The van der Waals surface area contributed by atoms with Gasteiger partial charge in [-0.05, 0) is 19.4 Å². The quantitative estimate of drug-likeness (QED) is 0.364. The van der Waals surface area contributed by atoms with Crippen molar-refractivity contribution in [1.82, 2.24) is 0 Å². The van der Waals surface area contributed by atoms with E-state index in [1.165, 1.54) is 6.92 Å². The molecular formula is C9H14O3. The summed E-state index contributed by atoms with van der Waals surface area (Å²) >= 11 is 0. The summed E-state index contributed by atoms with van der Waals surface area (Å²) in [7, 11) is 0. The normalized spacial score (nSPS) is 12.9. The molecule has 0 aliphatic carbocycles. The number of Topliss-reactive ketones (excluding diaryl/α,β-unsaturated/α-hetero) is 1. The highest BCUT2D eigenvalue weighted by molar-refractivity contribution is 6.32. The molecule has 0 N–H and O–H groups in total. The second-order valence-corrected chi connectivity index (χ2v) is 2.50. The van der Waals surface area contributed by atoms with E-state index >= 15 is 0 Å². The van der Waals surface area contributed by atoms with Crippen LogP contribution in [0.4, 0.5) is 0 Å². The largest absolute Gasteiger partial charge is 0.453 e. The van der Waals surface area contributed by atoms with Crippen LogP contribution in [0.5, 0.6) is 0 Å². The van der Waals surface area contributed by atoms with Gasteiger partial charge in [-0.15, -0.1) is 0 Å². The third kappa shape index (κ3) is 4.66. The van der Waals surface area contributed by atoms with Gasteiger partial charge in [0, 0.05) is 6.92 Å². The van der Waals surface area contributed by atoms with Gasteiger partial charge in [-0.2, -0.15) is 0 Å². The molecule has 1 atom stereocenters. The number of hydrogen-bond donors (Lipinski definition) is 0. The Morgan fingerprint density at radius 3 is 2.50 bits per heavy atom. The van der Waals surface area contributed by atoms with Crippen molar-refractivity contribution in [3.05, 3.63) is 12.2 Å². The molecule has 3 nitrogen and oxygen atoms in total. The Morgan fingerprint density at radius 2 is 2.08 bits per heavy atom. The van der Waals surface area contributed by atoms with E-state index in [9.17, 15) is 9.59 Å². The van der Waals surface area contributed by atoms with E-state index in [0.717, 1.165) is 6.42 Å². The molecule has 0 bridgehead atoms. The SMILES string of the molecule is CCC=CC(C)OC(=O)C(C)=O. The van der Waals surface area contributed by atoms with Crippen LogP contribution in [-0.2, 0) is 14.3 Å². The molecule has 0 heterocycles. The Morgan fingerprint density at radius 1 is 1.50 bits per heavy atom. The first kappa shape index (κ1) is 10.9. The molecule has 0 aliphatic heterocycles. The van der Waals surface area contributed by atoms with Crippen LogP contribution in [0, 0.1) is 0 Å². The first-order valence-electron chi connectivity index (χ1n) is 3.96. The highest BCUT2D eigenvalue weighted by Gasteiger charge is 2.10. The summed E-state index contributed by atoms with van der Waals surface area (Å²) in [4.78, 5) is 21.2. The lowest BCUT2D eigenvalue weighted by atomic mass is 10.3.